The van der Waals surface area contributed by atoms with Crippen LogP contribution in [-0.4, -0.2) is 49.7 Å². The van der Waals surface area contributed by atoms with Gasteiger partial charge in [-0.3, -0.25) is 4.79 Å². The summed E-state index contributed by atoms with van der Waals surface area (Å²) in [5.41, 5.74) is 1.17. The lowest BCUT2D eigenvalue weighted by molar-refractivity contribution is -0.134. The second-order valence-electron chi connectivity index (χ2n) is 5.51. The molecule has 2 aliphatic rings. The number of carbonyl (C=O) groups excluding carboxylic acids is 1. The van der Waals surface area contributed by atoms with Crippen LogP contribution in [-0.2, 0) is 21.4 Å². The molecule has 2 heterocycles. The molecule has 0 aromatic carbocycles. The minimum Gasteiger partial charge on any atom is -0.340 e. The molecule has 0 radical (unpaired) electrons. The summed E-state index contributed by atoms with van der Waals surface area (Å²) in [5, 5.41) is 7.17. The number of thiophene rings is 1. The van der Waals surface area contributed by atoms with Gasteiger partial charge in [0.25, 0.3) is 10.2 Å². The van der Waals surface area contributed by atoms with E-state index in [0.29, 0.717) is 13.1 Å². The first-order chi connectivity index (χ1) is 9.97. The Balaban J connectivity index is 1.69. The molecular formula is C13H19N3O3S2. The minimum absolute atomic E-state index is 0.0546. The molecule has 1 aromatic rings. The van der Waals surface area contributed by atoms with Crippen LogP contribution in [0.15, 0.2) is 11.4 Å². The highest BCUT2D eigenvalue weighted by atomic mass is 32.2. The van der Waals surface area contributed by atoms with E-state index in [2.05, 4.69) is 11.4 Å². The third-order valence-electron chi connectivity index (χ3n) is 4.26. The molecule has 0 saturated carbocycles. The zero-order chi connectivity index (χ0) is 15.0. The molecule has 116 valence electrons. The Morgan fingerprint density at radius 1 is 1.29 bits per heavy atom. The number of nitrogens with zero attached hydrogens (tertiary/aromatic N) is 2. The van der Waals surface area contributed by atoms with Gasteiger partial charge in [0, 0.05) is 31.1 Å². The monoisotopic (exact) mass is 329 g/mol. The molecule has 1 aliphatic carbocycles. The summed E-state index contributed by atoms with van der Waals surface area (Å²) < 4.78 is 23.8. The lowest BCUT2D eigenvalue weighted by Crippen LogP contribution is -2.53. The van der Waals surface area contributed by atoms with Crippen molar-refractivity contribution in [3.63, 3.8) is 0 Å². The van der Waals surface area contributed by atoms with Gasteiger partial charge in [0.2, 0.25) is 5.91 Å². The van der Waals surface area contributed by atoms with E-state index in [1.54, 1.807) is 16.2 Å². The van der Waals surface area contributed by atoms with Gasteiger partial charge >= 0.3 is 0 Å². The fourth-order valence-electron chi connectivity index (χ4n) is 3.13. The molecule has 1 aliphatic heterocycles. The first kappa shape index (κ1) is 15.0. The molecule has 0 spiro atoms. The number of fused-ring (bicyclic) bond motifs is 1. The van der Waals surface area contributed by atoms with Crippen LogP contribution in [0.4, 0.5) is 0 Å². The number of piperazine rings is 1. The molecule has 6 nitrogen and oxygen atoms in total. The zero-order valence-electron chi connectivity index (χ0n) is 11.7. The van der Waals surface area contributed by atoms with Crippen molar-refractivity contribution in [3.8, 4) is 0 Å². The van der Waals surface area contributed by atoms with Gasteiger partial charge in [-0.15, -0.1) is 11.3 Å². The van der Waals surface area contributed by atoms with Gasteiger partial charge in [-0.1, -0.05) is 0 Å². The normalized spacial score (nSPS) is 23.9. The first-order valence-corrected chi connectivity index (χ1v) is 9.48. The summed E-state index contributed by atoms with van der Waals surface area (Å²) in [5.74, 6) is 0.0736. The van der Waals surface area contributed by atoms with E-state index >= 15 is 0 Å². The molecule has 3 rings (SSSR count). The highest BCUT2D eigenvalue weighted by Gasteiger charge is 2.33. The maximum absolute atomic E-state index is 12.7. The van der Waals surface area contributed by atoms with E-state index in [9.17, 15) is 13.2 Å². The number of nitrogens with two attached hydrogens (primary N) is 1. The molecule has 1 atom stereocenters. The van der Waals surface area contributed by atoms with Gasteiger partial charge in [0.1, 0.15) is 0 Å². The second-order valence-corrected chi connectivity index (χ2v) is 8.06. The molecule has 8 heteroatoms. The standard InChI is InChI=1S/C13H19N3O3S2/c14-21(18,19)16-7-5-15(6-8-16)13(17)11-2-1-3-12-10(11)4-9-20-12/h4,9,11H,1-3,5-8H2,(H2,14,18,19). The van der Waals surface area contributed by atoms with E-state index in [4.69, 9.17) is 5.14 Å². The molecule has 1 unspecified atom stereocenters. The SMILES string of the molecule is NS(=O)(=O)N1CCN(C(=O)C2CCCc3sccc32)CC1. The number of amides is 1. The summed E-state index contributed by atoms with van der Waals surface area (Å²) in [6, 6.07) is 2.06. The number of aryl methyl sites for hydroxylation is 1. The second kappa shape index (κ2) is 5.68. The largest absolute Gasteiger partial charge is 0.340 e. The predicted octanol–water partition coefficient (Wildman–Crippen LogP) is 0.516. The summed E-state index contributed by atoms with van der Waals surface area (Å²) in [6.07, 6.45) is 3.00. The Morgan fingerprint density at radius 3 is 2.67 bits per heavy atom. The Labute approximate surface area is 128 Å². The van der Waals surface area contributed by atoms with Crippen LogP contribution >= 0.6 is 11.3 Å². The molecule has 1 amide bonds. The van der Waals surface area contributed by atoms with Crippen molar-refractivity contribution in [2.45, 2.75) is 25.2 Å². The van der Waals surface area contributed by atoms with Crippen LogP contribution in [0.3, 0.4) is 0 Å². The van der Waals surface area contributed by atoms with Crippen molar-refractivity contribution in [2.75, 3.05) is 26.2 Å². The zero-order valence-corrected chi connectivity index (χ0v) is 13.3. The van der Waals surface area contributed by atoms with Gasteiger partial charge in [0.05, 0.1) is 5.92 Å². The maximum atomic E-state index is 12.7. The average Bonchev–Trinajstić information content (AvgIpc) is 2.94. The minimum atomic E-state index is -3.64. The van der Waals surface area contributed by atoms with Crippen LogP contribution in [0, 0.1) is 0 Å². The molecule has 21 heavy (non-hydrogen) atoms. The highest BCUT2D eigenvalue weighted by Crippen LogP contribution is 2.36. The van der Waals surface area contributed by atoms with Crippen molar-refractivity contribution in [1.82, 2.24) is 9.21 Å². The molecular weight excluding hydrogens is 310 g/mol. The lowest BCUT2D eigenvalue weighted by atomic mass is 9.86. The van der Waals surface area contributed by atoms with Gasteiger partial charge in [-0.05, 0) is 36.3 Å². The van der Waals surface area contributed by atoms with Gasteiger partial charge < -0.3 is 4.90 Å². The topological polar surface area (TPSA) is 83.7 Å². The molecule has 1 fully saturated rings. The van der Waals surface area contributed by atoms with E-state index < -0.39 is 10.2 Å². The number of carbonyl (C=O) groups is 1. The van der Waals surface area contributed by atoms with E-state index in [0.717, 1.165) is 19.3 Å². The number of hydrogen-bond acceptors (Lipinski definition) is 4. The Hall–Kier alpha value is -0.960. The number of rotatable bonds is 2. The van der Waals surface area contributed by atoms with Crippen LogP contribution in [0.25, 0.3) is 0 Å². The highest BCUT2D eigenvalue weighted by molar-refractivity contribution is 7.86. The van der Waals surface area contributed by atoms with Crippen molar-refractivity contribution in [1.29, 1.82) is 0 Å². The first-order valence-electron chi connectivity index (χ1n) is 7.10. The fourth-order valence-corrected chi connectivity index (χ4v) is 4.79. The summed E-state index contributed by atoms with van der Waals surface area (Å²) in [7, 11) is -3.64. The maximum Gasteiger partial charge on any atom is 0.277 e. The Morgan fingerprint density at radius 2 is 2.00 bits per heavy atom. The Kier molecular flexibility index (Phi) is 4.04. The van der Waals surface area contributed by atoms with Crippen LogP contribution in [0.5, 0.6) is 0 Å². The molecule has 0 bridgehead atoms. The van der Waals surface area contributed by atoms with Crippen molar-refractivity contribution >= 4 is 27.5 Å². The molecule has 1 aromatic heterocycles. The summed E-state index contributed by atoms with van der Waals surface area (Å²) >= 11 is 1.72. The number of hydrogen-bond donors (Lipinski definition) is 1. The smallest absolute Gasteiger partial charge is 0.277 e. The third-order valence-corrected chi connectivity index (χ3v) is 6.34. The van der Waals surface area contributed by atoms with Crippen LogP contribution in [0.2, 0.25) is 0 Å². The summed E-state index contributed by atoms with van der Waals surface area (Å²) in [4.78, 5) is 15.8. The molecule has 2 N–H and O–H groups in total. The summed E-state index contributed by atoms with van der Waals surface area (Å²) in [6.45, 7) is 1.41. The van der Waals surface area contributed by atoms with Crippen molar-refractivity contribution in [3.05, 3.63) is 21.9 Å². The van der Waals surface area contributed by atoms with Crippen molar-refractivity contribution in [2.24, 2.45) is 5.14 Å². The van der Waals surface area contributed by atoms with Gasteiger partial charge in [0.15, 0.2) is 0 Å². The van der Waals surface area contributed by atoms with Crippen molar-refractivity contribution < 1.29 is 13.2 Å². The van der Waals surface area contributed by atoms with Crippen LogP contribution in [0.1, 0.15) is 29.2 Å². The predicted molar refractivity (Wildman–Crippen MR) is 81.3 cm³/mol. The Bertz CT molecular complexity index is 633. The van der Waals surface area contributed by atoms with Crippen LogP contribution < -0.4 is 5.14 Å². The fraction of sp³-hybridized carbons (Fsp3) is 0.615. The molecule has 1 saturated heterocycles. The quantitative estimate of drug-likeness (QED) is 0.858. The van der Waals surface area contributed by atoms with E-state index in [-0.39, 0.29) is 24.9 Å². The third kappa shape index (κ3) is 2.98. The van der Waals surface area contributed by atoms with E-state index in [1.807, 2.05) is 0 Å². The van der Waals surface area contributed by atoms with E-state index in [1.165, 1.54) is 14.7 Å². The average molecular weight is 329 g/mol. The van der Waals surface area contributed by atoms with Gasteiger partial charge in [-0.2, -0.15) is 12.7 Å². The van der Waals surface area contributed by atoms with Gasteiger partial charge in [-0.25, -0.2) is 5.14 Å². The lowest BCUT2D eigenvalue weighted by Gasteiger charge is -2.35.